The molecule has 0 saturated carbocycles. The lowest BCUT2D eigenvalue weighted by Gasteiger charge is -2.17. The normalized spacial score (nSPS) is 10.3. The summed E-state index contributed by atoms with van der Waals surface area (Å²) in [7, 11) is 0. The lowest BCUT2D eigenvalue weighted by Crippen LogP contribution is -2.30. The molecule has 2 N–H and O–H groups in total. The van der Waals surface area contributed by atoms with Crippen molar-refractivity contribution < 1.29 is 19.0 Å². The number of anilines is 1. The molecule has 2 amide bonds. The van der Waals surface area contributed by atoms with E-state index < -0.39 is 0 Å². The van der Waals surface area contributed by atoms with Crippen molar-refractivity contribution in [1.82, 2.24) is 5.32 Å². The third-order valence-electron chi connectivity index (χ3n) is 3.76. The number of benzene rings is 2. The smallest absolute Gasteiger partial charge is 0.319 e. The first-order valence-electron chi connectivity index (χ1n) is 9.43. The maximum absolute atomic E-state index is 12.3. The molecule has 2 rings (SSSR count). The van der Waals surface area contributed by atoms with Gasteiger partial charge in [0.2, 0.25) is 5.75 Å². The van der Waals surface area contributed by atoms with Crippen LogP contribution < -0.4 is 24.8 Å². The lowest BCUT2D eigenvalue weighted by molar-refractivity contribution is 0.252. The van der Waals surface area contributed by atoms with Crippen LogP contribution in [0.3, 0.4) is 0 Å². The van der Waals surface area contributed by atoms with E-state index in [0.717, 1.165) is 16.5 Å². The van der Waals surface area contributed by atoms with Crippen molar-refractivity contribution in [2.45, 2.75) is 27.2 Å². The zero-order valence-electron chi connectivity index (χ0n) is 16.5. The van der Waals surface area contributed by atoms with Gasteiger partial charge in [-0.15, -0.1) is 0 Å². The fraction of sp³-hybridized carbons (Fsp3) is 0.381. The van der Waals surface area contributed by atoms with Gasteiger partial charge in [-0.1, -0.05) is 28.1 Å². The second-order valence-electron chi connectivity index (χ2n) is 5.86. The highest BCUT2D eigenvalue weighted by Crippen LogP contribution is 2.40. The maximum Gasteiger partial charge on any atom is 0.319 e. The number of carbonyl (C=O) groups is 1. The van der Waals surface area contributed by atoms with Crippen LogP contribution in [0.4, 0.5) is 10.5 Å². The zero-order valence-corrected chi connectivity index (χ0v) is 18.1. The van der Waals surface area contributed by atoms with Gasteiger partial charge >= 0.3 is 6.03 Å². The number of amides is 2. The second kappa shape index (κ2) is 11.4. The van der Waals surface area contributed by atoms with Gasteiger partial charge in [-0.2, -0.15) is 0 Å². The molecular formula is C21H27BrN2O4. The van der Waals surface area contributed by atoms with Crippen molar-refractivity contribution >= 4 is 27.6 Å². The molecule has 0 saturated heterocycles. The molecule has 0 atom stereocenters. The van der Waals surface area contributed by atoms with Gasteiger partial charge in [-0.3, -0.25) is 0 Å². The number of rotatable bonds is 10. The molecule has 28 heavy (non-hydrogen) atoms. The monoisotopic (exact) mass is 450 g/mol. The highest BCUT2D eigenvalue weighted by Gasteiger charge is 2.16. The van der Waals surface area contributed by atoms with Crippen LogP contribution in [0.1, 0.15) is 26.3 Å². The van der Waals surface area contributed by atoms with Crippen LogP contribution in [0, 0.1) is 0 Å². The number of halogens is 1. The summed E-state index contributed by atoms with van der Waals surface area (Å²) in [6.07, 6.45) is 0.741. The van der Waals surface area contributed by atoms with E-state index >= 15 is 0 Å². The maximum atomic E-state index is 12.3. The Bertz CT molecular complexity index is 756. The summed E-state index contributed by atoms with van der Waals surface area (Å²) in [5.74, 6) is 1.63. The quantitative estimate of drug-likeness (QED) is 0.533. The number of hydrogen-bond donors (Lipinski definition) is 2. The average molecular weight is 451 g/mol. The van der Waals surface area contributed by atoms with E-state index in [1.54, 1.807) is 12.1 Å². The first kappa shape index (κ1) is 21.9. The van der Waals surface area contributed by atoms with E-state index in [1.807, 2.05) is 45.0 Å². The number of hydrogen-bond acceptors (Lipinski definition) is 4. The summed E-state index contributed by atoms with van der Waals surface area (Å²) in [5, 5.41) is 5.70. The molecule has 152 valence electrons. The average Bonchev–Trinajstić information content (AvgIpc) is 2.65. The molecule has 0 aliphatic heterocycles. The summed E-state index contributed by atoms with van der Waals surface area (Å²) in [6.45, 7) is 7.66. The molecule has 6 nitrogen and oxygen atoms in total. The first-order valence-corrected chi connectivity index (χ1v) is 10.2. The van der Waals surface area contributed by atoms with Crippen LogP contribution in [-0.2, 0) is 6.42 Å². The van der Waals surface area contributed by atoms with Gasteiger partial charge in [-0.05, 0) is 44.9 Å². The Hall–Kier alpha value is -2.41. The lowest BCUT2D eigenvalue weighted by atomic mass is 10.1. The van der Waals surface area contributed by atoms with Crippen LogP contribution in [0.2, 0.25) is 0 Å². The number of carbonyl (C=O) groups excluding carboxylic acids is 1. The molecule has 0 aromatic heterocycles. The summed E-state index contributed by atoms with van der Waals surface area (Å²) < 4.78 is 18.0. The van der Waals surface area contributed by atoms with Crippen LogP contribution in [0.25, 0.3) is 0 Å². The van der Waals surface area contributed by atoms with Gasteiger partial charge in [0.15, 0.2) is 11.5 Å². The fourth-order valence-electron chi connectivity index (χ4n) is 2.65. The van der Waals surface area contributed by atoms with Crippen LogP contribution >= 0.6 is 15.9 Å². The summed E-state index contributed by atoms with van der Waals surface area (Å²) in [4.78, 5) is 12.3. The van der Waals surface area contributed by atoms with Gasteiger partial charge in [0.05, 0.1) is 25.5 Å². The van der Waals surface area contributed by atoms with Crippen molar-refractivity contribution in [3.63, 3.8) is 0 Å². The van der Waals surface area contributed by atoms with Gasteiger partial charge < -0.3 is 24.8 Å². The Balaban J connectivity index is 2.03. The minimum atomic E-state index is -0.288. The van der Waals surface area contributed by atoms with E-state index in [2.05, 4.69) is 26.6 Å². The van der Waals surface area contributed by atoms with E-state index in [4.69, 9.17) is 14.2 Å². The van der Waals surface area contributed by atoms with Crippen molar-refractivity contribution in [2.75, 3.05) is 31.7 Å². The summed E-state index contributed by atoms with van der Waals surface area (Å²) in [6, 6.07) is 11.2. The standard InChI is InChI=1S/C21H27BrN2O4/c1-4-26-18-13-17(14-19(27-5-2)20(18)28-6-3)24-21(25)23-11-10-15-8-7-9-16(22)12-15/h7-9,12-14H,4-6,10-11H2,1-3H3,(H2,23,24,25). The number of nitrogens with one attached hydrogen (secondary N) is 2. The van der Waals surface area contributed by atoms with E-state index in [0.29, 0.717) is 49.3 Å². The van der Waals surface area contributed by atoms with Gasteiger partial charge in [-0.25, -0.2) is 4.79 Å². The van der Waals surface area contributed by atoms with E-state index in [1.165, 1.54) is 0 Å². The van der Waals surface area contributed by atoms with Gasteiger partial charge in [0.25, 0.3) is 0 Å². The van der Waals surface area contributed by atoms with Gasteiger partial charge in [0, 0.05) is 23.2 Å². The van der Waals surface area contributed by atoms with E-state index in [9.17, 15) is 4.79 Å². The molecule has 7 heteroatoms. The molecule has 0 spiro atoms. The highest BCUT2D eigenvalue weighted by atomic mass is 79.9. The van der Waals surface area contributed by atoms with Crippen LogP contribution in [0.5, 0.6) is 17.2 Å². The predicted octanol–water partition coefficient (Wildman–Crippen LogP) is 5.01. The van der Waals surface area contributed by atoms with E-state index in [-0.39, 0.29) is 6.03 Å². The number of urea groups is 1. The predicted molar refractivity (Wildman–Crippen MR) is 115 cm³/mol. The topological polar surface area (TPSA) is 68.8 Å². The third-order valence-corrected chi connectivity index (χ3v) is 4.25. The molecule has 0 aliphatic carbocycles. The van der Waals surface area contributed by atoms with Crippen LogP contribution in [-0.4, -0.2) is 32.4 Å². The minimum Gasteiger partial charge on any atom is -0.490 e. The molecule has 0 unspecified atom stereocenters. The van der Waals surface area contributed by atoms with Gasteiger partial charge in [0.1, 0.15) is 0 Å². The molecule has 0 heterocycles. The fourth-order valence-corrected chi connectivity index (χ4v) is 3.10. The molecule has 0 radical (unpaired) electrons. The van der Waals surface area contributed by atoms with Crippen molar-refractivity contribution in [3.05, 3.63) is 46.4 Å². The Kier molecular flexibility index (Phi) is 8.94. The SMILES string of the molecule is CCOc1cc(NC(=O)NCCc2cccc(Br)c2)cc(OCC)c1OCC. The van der Waals surface area contributed by atoms with Crippen molar-refractivity contribution in [1.29, 1.82) is 0 Å². The molecule has 2 aromatic carbocycles. The minimum absolute atomic E-state index is 0.288. The summed E-state index contributed by atoms with van der Waals surface area (Å²) >= 11 is 3.45. The van der Waals surface area contributed by atoms with Crippen molar-refractivity contribution in [3.8, 4) is 17.2 Å². The molecule has 0 fully saturated rings. The Labute approximate surface area is 174 Å². The second-order valence-corrected chi connectivity index (χ2v) is 6.78. The molecule has 2 aromatic rings. The largest absolute Gasteiger partial charge is 0.490 e. The Morgan fingerprint density at radius 1 is 0.964 bits per heavy atom. The summed E-state index contributed by atoms with van der Waals surface area (Å²) in [5.41, 5.74) is 1.73. The third kappa shape index (κ3) is 6.64. The Morgan fingerprint density at radius 3 is 2.18 bits per heavy atom. The number of ether oxygens (including phenoxy) is 3. The molecule has 0 bridgehead atoms. The Morgan fingerprint density at radius 2 is 1.61 bits per heavy atom. The van der Waals surface area contributed by atoms with Crippen LogP contribution in [0.15, 0.2) is 40.9 Å². The molecule has 0 aliphatic rings. The molecular weight excluding hydrogens is 424 g/mol. The first-order chi connectivity index (χ1) is 13.6. The zero-order chi connectivity index (χ0) is 20.4. The highest BCUT2D eigenvalue weighted by molar-refractivity contribution is 9.10. The van der Waals surface area contributed by atoms with Crippen molar-refractivity contribution in [2.24, 2.45) is 0 Å².